The first-order chi connectivity index (χ1) is 7.11. The number of methoxy groups -OCH3 is 1. The van der Waals surface area contributed by atoms with Gasteiger partial charge < -0.3 is 15.2 Å². The van der Waals surface area contributed by atoms with Crippen molar-refractivity contribution in [2.75, 3.05) is 20.2 Å². The van der Waals surface area contributed by atoms with Crippen LogP contribution in [0.2, 0.25) is 0 Å². The number of esters is 1. The van der Waals surface area contributed by atoms with Crippen LogP contribution in [0.1, 0.15) is 26.7 Å². The zero-order valence-corrected chi connectivity index (χ0v) is 9.75. The largest absolute Gasteiger partial charge is 0.466 e. The van der Waals surface area contributed by atoms with E-state index in [1.807, 2.05) is 13.0 Å². The number of carbonyl (C=O) groups excluding carboxylic acids is 1. The second kappa shape index (κ2) is 8.44. The molecule has 1 unspecified atom stereocenters. The van der Waals surface area contributed by atoms with E-state index in [1.165, 1.54) is 7.11 Å². The number of hydrogen-bond acceptors (Lipinski definition) is 4. The van der Waals surface area contributed by atoms with Crippen LogP contribution in [0.4, 0.5) is 0 Å². The third-order valence-corrected chi connectivity index (χ3v) is 2.06. The van der Waals surface area contributed by atoms with E-state index in [0.717, 1.165) is 6.54 Å². The molecule has 1 atom stereocenters. The number of ether oxygens (including phenoxy) is 1. The van der Waals surface area contributed by atoms with Gasteiger partial charge >= 0.3 is 5.97 Å². The quantitative estimate of drug-likeness (QED) is 0.375. The smallest absolute Gasteiger partial charge is 0.333 e. The van der Waals surface area contributed by atoms with Crippen molar-refractivity contribution in [1.29, 1.82) is 0 Å². The second-order valence-corrected chi connectivity index (χ2v) is 3.42. The summed E-state index contributed by atoms with van der Waals surface area (Å²) < 4.78 is 4.62. The van der Waals surface area contributed by atoms with E-state index >= 15 is 0 Å². The Bertz CT molecular complexity index is 212. The Balaban J connectivity index is 3.77. The van der Waals surface area contributed by atoms with Crippen LogP contribution in [0.15, 0.2) is 11.6 Å². The number of aliphatic hydroxyl groups is 1. The predicted octanol–water partition coefficient (Wildman–Crippen LogP) is 0.856. The summed E-state index contributed by atoms with van der Waals surface area (Å²) in [7, 11) is 1.38. The van der Waals surface area contributed by atoms with Gasteiger partial charge in [0, 0.05) is 12.1 Å². The first kappa shape index (κ1) is 14.1. The highest BCUT2D eigenvalue weighted by atomic mass is 16.5. The van der Waals surface area contributed by atoms with Crippen molar-refractivity contribution < 1.29 is 14.6 Å². The van der Waals surface area contributed by atoms with E-state index in [-0.39, 0.29) is 12.1 Å². The fraction of sp³-hybridized carbons (Fsp3) is 0.727. The van der Waals surface area contributed by atoms with E-state index in [9.17, 15) is 4.79 Å². The third kappa shape index (κ3) is 7.11. The van der Waals surface area contributed by atoms with Crippen LogP contribution in [0, 0.1) is 0 Å². The molecule has 0 bridgehead atoms. The molecule has 2 N–H and O–H groups in total. The Hall–Kier alpha value is -0.870. The first-order valence-electron chi connectivity index (χ1n) is 5.27. The van der Waals surface area contributed by atoms with E-state index in [0.29, 0.717) is 25.0 Å². The van der Waals surface area contributed by atoms with Crippen molar-refractivity contribution in [2.24, 2.45) is 0 Å². The summed E-state index contributed by atoms with van der Waals surface area (Å²) >= 11 is 0. The monoisotopic (exact) mass is 215 g/mol. The number of nitrogens with one attached hydrogen (secondary N) is 1. The van der Waals surface area contributed by atoms with E-state index < -0.39 is 0 Å². The molecule has 0 heterocycles. The predicted molar refractivity (Wildman–Crippen MR) is 59.6 cm³/mol. The lowest BCUT2D eigenvalue weighted by molar-refractivity contribution is -0.136. The SMILES string of the molecule is CCC(=CCNCCC(C)O)C(=O)OC. The fourth-order valence-electron chi connectivity index (χ4n) is 1.11. The molecule has 0 saturated carbocycles. The summed E-state index contributed by atoms with van der Waals surface area (Å²) in [5.74, 6) is -0.269. The molecule has 0 aliphatic carbocycles. The van der Waals surface area contributed by atoms with Crippen LogP contribution in [-0.4, -0.2) is 37.4 Å². The van der Waals surface area contributed by atoms with Gasteiger partial charge in [-0.2, -0.15) is 0 Å². The summed E-state index contributed by atoms with van der Waals surface area (Å²) in [5, 5.41) is 12.1. The molecule has 0 amide bonds. The second-order valence-electron chi connectivity index (χ2n) is 3.42. The minimum absolute atomic E-state index is 0.269. The number of aliphatic hydroxyl groups excluding tert-OH is 1. The fourth-order valence-corrected chi connectivity index (χ4v) is 1.11. The van der Waals surface area contributed by atoms with E-state index in [2.05, 4.69) is 10.1 Å². The first-order valence-corrected chi connectivity index (χ1v) is 5.27. The zero-order chi connectivity index (χ0) is 11.7. The van der Waals surface area contributed by atoms with Gasteiger partial charge in [0.25, 0.3) is 0 Å². The molecule has 4 heteroatoms. The lowest BCUT2D eigenvalue weighted by atomic mass is 10.2. The van der Waals surface area contributed by atoms with Gasteiger partial charge in [-0.05, 0) is 26.3 Å². The molecule has 0 aliphatic heterocycles. The normalized spacial score (nSPS) is 13.7. The Kier molecular flexibility index (Phi) is 7.95. The van der Waals surface area contributed by atoms with Crippen LogP contribution >= 0.6 is 0 Å². The Morgan fingerprint density at radius 3 is 2.73 bits per heavy atom. The lowest BCUT2D eigenvalue weighted by Gasteiger charge is -2.05. The van der Waals surface area contributed by atoms with Crippen LogP contribution < -0.4 is 5.32 Å². The molecule has 0 rings (SSSR count). The maximum Gasteiger partial charge on any atom is 0.333 e. The Morgan fingerprint density at radius 1 is 1.60 bits per heavy atom. The topological polar surface area (TPSA) is 58.6 Å². The minimum atomic E-state index is -0.285. The minimum Gasteiger partial charge on any atom is -0.466 e. The lowest BCUT2D eigenvalue weighted by Crippen LogP contribution is -2.20. The molecule has 0 aromatic rings. The van der Waals surface area contributed by atoms with Crippen molar-refractivity contribution in [3.63, 3.8) is 0 Å². The average molecular weight is 215 g/mol. The van der Waals surface area contributed by atoms with Crippen LogP contribution in [0.25, 0.3) is 0 Å². The van der Waals surface area contributed by atoms with Gasteiger partial charge in [0.05, 0.1) is 13.2 Å². The van der Waals surface area contributed by atoms with Gasteiger partial charge in [-0.25, -0.2) is 4.79 Å². The van der Waals surface area contributed by atoms with Gasteiger partial charge in [-0.15, -0.1) is 0 Å². The molecule has 4 nitrogen and oxygen atoms in total. The maximum absolute atomic E-state index is 11.2. The molecule has 0 spiro atoms. The van der Waals surface area contributed by atoms with E-state index in [1.54, 1.807) is 6.92 Å². The van der Waals surface area contributed by atoms with Gasteiger partial charge in [0.1, 0.15) is 0 Å². The molecule has 88 valence electrons. The van der Waals surface area contributed by atoms with Gasteiger partial charge in [-0.3, -0.25) is 0 Å². The average Bonchev–Trinajstić information content (AvgIpc) is 2.22. The van der Waals surface area contributed by atoms with Gasteiger partial charge in [0.2, 0.25) is 0 Å². The van der Waals surface area contributed by atoms with Crippen molar-refractivity contribution >= 4 is 5.97 Å². The van der Waals surface area contributed by atoms with Crippen molar-refractivity contribution in [3.8, 4) is 0 Å². The van der Waals surface area contributed by atoms with Crippen LogP contribution in [0.5, 0.6) is 0 Å². The maximum atomic E-state index is 11.2. The summed E-state index contributed by atoms with van der Waals surface area (Å²) in [6.07, 6.45) is 2.93. The molecule has 15 heavy (non-hydrogen) atoms. The number of rotatable bonds is 7. The highest BCUT2D eigenvalue weighted by molar-refractivity contribution is 5.88. The molecule has 0 fully saturated rings. The Labute approximate surface area is 91.3 Å². The summed E-state index contributed by atoms with van der Waals surface area (Å²) in [4.78, 5) is 11.2. The van der Waals surface area contributed by atoms with Crippen molar-refractivity contribution in [1.82, 2.24) is 5.32 Å². The van der Waals surface area contributed by atoms with Gasteiger partial charge in [-0.1, -0.05) is 13.0 Å². The highest BCUT2D eigenvalue weighted by Gasteiger charge is 2.05. The Morgan fingerprint density at radius 2 is 2.27 bits per heavy atom. The van der Waals surface area contributed by atoms with Gasteiger partial charge in [0.15, 0.2) is 0 Å². The molecule has 0 aliphatic rings. The van der Waals surface area contributed by atoms with Crippen LogP contribution in [0.3, 0.4) is 0 Å². The van der Waals surface area contributed by atoms with Crippen LogP contribution in [-0.2, 0) is 9.53 Å². The molecule has 0 aromatic carbocycles. The molecular formula is C11H21NO3. The zero-order valence-electron chi connectivity index (χ0n) is 9.75. The summed E-state index contributed by atoms with van der Waals surface area (Å²) in [6, 6.07) is 0. The number of carbonyl (C=O) groups is 1. The molecular weight excluding hydrogens is 194 g/mol. The molecule has 0 radical (unpaired) electrons. The van der Waals surface area contributed by atoms with Crippen molar-refractivity contribution in [3.05, 3.63) is 11.6 Å². The summed E-state index contributed by atoms with van der Waals surface area (Å²) in [6.45, 7) is 5.04. The molecule has 0 aromatic heterocycles. The third-order valence-electron chi connectivity index (χ3n) is 2.06. The highest BCUT2D eigenvalue weighted by Crippen LogP contribution is 2.01. The molecule has 0 saturated heterocycles. The summed E-state index contributed by atoms with van der Waals surface area (Å²) in [5.41, 5.74) is 0.682. The number of hydrogen-bond donors (Lipinski definition) is 2. The van der Waals surface area contributed by atoms with Crippen molar-refractivity contribution in [2.45, 2.75) is 32.8 Å². The van der Waals surface area contributed by atoms with E-state index in [4.69, 9.17) is 5.11 Å². The standard InChI is InChI=1S/C11H21NO3/c1-4-10(11(14)15-3)6-8-12-7-5-9(2)13/h6,9,12-13H,4-5,7-8H2,1-3H3.